The van der Waals surface area contributed by atoms with Crippen LogP contribution in [0.1, 0.15) is 5.69 Å². The standard InChI is InChI=1S/C15H15N6O2S/c1-9-13(24-14(16)18-9)12-6-7-17-15(20-12)19-10-4-3-5-11(8-10)21(22)23-2/h3-8H,1-2H3,(H2,16,18)(H,17,19,20)/q+1. The molecule has 3 rings (SSSR count). The molecule has 2 heterocycles. The minimum Gasteiger partial charge on any atom is -0.375 e. The van der Waals surface area contributed by atoms with Crippen LogP contribution in [-0.2, 0) is 4.84 Å². The molecular weight excluding hydrogens is 328 g/mol. The summed E-state index contributed by atoms with van der Waals surface area (Å²) in [6.07, 6.45) is 1.65. The fourth-order valence-corrected chi connectivity index (χ4v) is 2.94. The molecule has 0 unspecified atom stereocenters. The molecule has 0 aliphatic carbocycles. The predicted molar refractivity (Wildman–Crippen MR) is 92.3 cm³/mol. The lowest BCUT2D eigenvalue weighted by molar-refractivity contribution is -0.736. The summed E-state index contributed by atoms with van der Waals surface area (Å²) in [5.41, 5.74) is 8.33. The minimum atomic E-state index is 0.365. The molecule has 2 aromatic heterocycles. The van der Waals surface area contributed by atoms with E-state index in [0.717, 1.165) is 16.3 Å². The van der Waals surface area contributed by atoms with Crippen molar-refractivity contribution in [3.8, 4) is 10.6 Å². The normalized spacial score (nSPS) is 10.4. The van der Waals surface area contributed by atoms with Crippen molar-refractivity contribution in [2.45, 2.75) is 6.92 Å². The van der Waals surface area contributed by atoms with Crippen LogP contribution in [0.4, 0.5) is 22.5 Å². The average Bonchev–Trinajstić information content (AvgIpc) is 2.93. The Labute approximate surface area is 141 Å². The van der Waals surface area contributed by atoms with Gasteiger partial charge in [-0.1, -0.05) is 17.4 Å². The maximum absolute atomic E-state index is 11.5. The third-order valence-electron chi connectivity index (χ3n) is 3.18. The number of hydrogen-bond donors (Lipinski definition) is 2. The van der Waals surface area contributed by atoms with Gasteiger partial charge >= 0.3 is 5.69 Å². The second-order valence-electron chi connectivity index (χ2n) is 4.85. The van der Waals surface area contributed by atoms with E-state index in [9.17, 15) is 4.91 Å². The van der Waals surface area contributed by atoms with Crippen molar-refractivity contribution < 1.29 is 9.76 Å². The Bertz CT molecular complexity index is 895. The van der Waals surface area contributed by atoms with Crippen molar-refractivity contribution in [1.82, 2.24) is 15.0 Å². The first-order chi connectivity index (χ1) is 11.6. The summed E-state index contributed by atoms with van der Waals surface area (Å²) < 4.78 is 0. The van der Waals surface area contributed by atoms with Gasteiger partial charge in [-0.2, -0.15) is 0 Å². The summed E-state index contributed by atoms with van der Waals surface area (Å²) in [5.74, 6) is 0.408. The molecule has 122 valence electrons. The number of aryl methyl sites for hydroxylation is 1. The number of nitrogens with two attached hydrogens (primary N) is 1. The molecule has 0 saturated heterocycles. The summed E-state index contributed by atoms with van der Waals surface area (Å²) in [5, 5.41) is 3.57. The Morgan fingerprint density at radius 1 is 1.29 bits per heavy atom. The Balaban J connectivity index is 1.88. The van der Waals surface area contributed by atoms with Crippen molar-refractivity contribution in [3.63, 3.8) is 0 Å². The molecule has 0 fully saturated rings. The minimum absolute atomic E-state index is 0.365. The zero-order valence-corrected chi connectivity index (χ0v) is 13.9. The zero-order valence-electron chi connectivity index (χ0n) is 13.1. The van der Waals surface area contributed by atoms with Crippen LogP contribution in [0.25, 0.3) is 10.6 Å². The van der Waals surface area contributed by atoms with E-state index in [1.54, 1.807) is 36.5 Å². The summed E-state index contributed by atoms with van der Waals surface area (Å²) in [7, 11) is 1.31. The van der Waals surface area contributed by atoms with Gasteiger partial charge in [-0.25, -0.2) is 19.8 Å². The average molecular weight is 343 g/mol. The van der Waals surface area contributed by atoms with Crippen LogP contribution in [0.15, 0.2) is 36.5 Å². The summed E-state index contributed by atoms with van der Waals surface area (Å²) in [6.45, 7) is 1.88. The van der Waals surface area contributed by atoms with Gasteiger partial charge in [-0.05, 0) is 19.1 Å². The third-order valence-corrected chi connectivity index (χ3v) is 4.19. The topological polar surface area (TPSA) is 106 Å². The highest BCUT2D eigenvalue weighted by Gasteiger charge is 2.15. The van der Waals surface area contributed by atoms with Gasteiger partial charge in [0.15, 0.2) is 12.2 Å². The Hall–Kier alpha value is -3.07. The van der Waals surface area contributed by atoms with Gasteiger partial charge in [0, 0.05) is 24.0 Å². The first-order valence-electron chi connectivity index (χ1n) is 7.01. The van der Waals surface area contributed by atoms with Crippen LogP contribution in [0.5, 0.6) is 0 Å². The van der Waals surface area contributed by atoms with Crippen LogP contribution >= 0.6 is 11.3 Å². The molecule has 24 heavy (non-hydrogen) atoms. The van der Waals surface area contributed by atoms with Gasteiger partial charge in [0.25, 0.3) is 4.92 Å². The van der Waals surface area contributed by atoms with E-state index in [1.807, 2.05) is 6.92 Å². The Morgan fingerprint density at radius 2 is 2.12 bits per heavy atom. The monoisotopic (exact) mass is 343 g/mol. The number of benzene rings is 1. The van der Waals surface area contributed by atoms with E-state index in [4.69, 9.17) is 5.73 Å². The SMILES string of the molecule is CO[N+](=O)c1cccc(Nc2nccc(-c3sc(N)nc3C)n2)c1. The van der Waals surface area contributed by atoms with E-state index in [1.165, 1.54) is 18.4 Å². The third kappa shape index (κ3) is 3.30. The number of aromatic nitrogens is 3. The maximum atomic E-state index is 11.5. The van der Waals surface area contributed by atoms with E-state index in [2.05, 4.69) is 25.1 Å². The molecule has 1 aromatic carbocycles. The second-order valence-corrected chi connectivity index (χ2v) is 5.88. The van der Waals surface area contributed by atoms with Gasteiger partial charge in [-0.15, -0.1) is 0 Å². The maximum Gasteiger partial charge on any atom is 0.318 e. The molecule has 0 saturated carbocycles. The summed E-state index contributed by atoms with van der Waals surface area (Å²) in [4.78, 5) is 30.4. The quantitative estimate of drug-likeness (QED) is 0.685. The molecule has 8 nitrogen and oxygen atoms in total. The predicted octanol–water partition coefficient (Wildman–Crippen LogP) is 3.21. The fourth-order valence-electron chi connectivity index (χ4n) is 2.13. The smallest absolute Gasteiger partial charge is 0.318 e. The highest BCUT2D eigenvalue weighted by molar-refractivity contribution is 7.18. The zero-order chi connectivity index (χ0) is 17.1. The van der Waals surface area contributed by atoms with Gasteiger partial charge in [0.2, 0.25) is 5.95 Å². The fraction of sp³-hybridized carbons (Fsp3) is 0.133. The molecule has 0 atom stereocenters. The number of rotatable bonds is 5. The molecule has 9 heteroatoms. The van der Waals surface area contributed by atoms with Crippen LogP contribution in [0, 0.1) is 11.8 Å². The first kappa shape index (κ1) is 15.8. The van der Waals surface area contributed by atoms with Gasteiger partial charge < -0.3 is 11.1 Å². The van der Waals surface area contributed by atoms with Gasteiger partial charge in [-0.3, -0.25) is 0 Å². The molecule has 0 aliphatic rings. The highest BCUT2D eigenvalue weighted by Crippen LogP contribution is 2.30. The molecular formula is C15H15N6O2S+. The Kier molecular flexibility index (Phi) is 4.34. The van der Waals surface area contributed by atoms with Crippen molar-refractivity contribution >= 4 is 33.8 Å². The highest BCUT2D eigenvalue weighted by atomic mass is 32.1. The Morgan fingerprint density at radius 3 is 2.83 bits per heavy atom. The van der Waals surface area contributed by atoms with Crippen molar-refractivity contribution in [2.24, 2.45) is 0 Å². The number of nitrogen functional groups attached to an aromatic ring is 1. The molecule has 0 aliphatic heterocycles. The van der Waals surface area contributed by atoms with Crippen molar-refractivity contribution in [2.75, 3.05) is 18.2 Å². The van der Waals surface area contributed by atoms with Crippen LogP contribution in [0.2, 0.25) is 0 Å². The molecule has 3 N–H and O–H groups in total. The summed E-state index contributed by atoms with van der Waals surface area (Å²) >= 11 is 1.38. The number of nitrogens with one attached hydrogen (secondary N) is 1. The molecule has 3 aromatic rings. The van der Waals surface area contributed by atoms with E-state index < -0.39 is 0 Å². The number of hydrogen-bond acceptors (Lipinski definition) is 8. The second kappa shape index (κ2) is 6.59. The van der Waals surface area contributed by atoms with Gasteiger partial charge in [0.05, 0.1) is 21.2 Å². The van der Waals surface area contributed by atoms with Crippen LogP contribution in [-0.4, -0.2) is 27.0 Å². The van der Waals surface area contributed by atoms with E-state index in [0.29, 0.717) is 27.4 Å². The van der Waals surface area contributed by atoms with E-state index >= 15 is 0 Å². The molecule has 0 bridgehead atoms. The number of thiazole rings is 1. The first-order valence-corrected chi connectivity index (χ1v) is 7.83. The number of anilines is 3. The molecule has 0 radical (unpaired) electrons. The largest absolute Gasteiger partial charge is 0.375 e. The number of nitrogens with zero attached hydrogens (tertiary/aromatic N) is 4. The summed E-state index contributed by atoms with van der Waals surface area (Å²) in [6, 6.07) is 8.62. The van der Waals surface area contributed by atoms with Crippen LogP contribution in [0.3, 0.4) is 0 Å². The van der Waals surface area contributed by atoms with Crippen molar-refractivity contribution in [3.05, 3.63) is 47.1 Å². The lowest BCUT2D eigenvalue weighted by Gasteiger charge is -2.05. The van der Waals surface area contributed by atoms with Gasteiger partial charge in [0.1, 0.15) is 0 Å². The molecule has 0 amide bonds. The molecule has 0 spiro atoms. The van der Waals surface area contributed by atoms with E-state index in [-0.39, 0.29) is 0 Å². The lowest BCUT2D eigenvalue weighted by atomic mass is 10.3. The van der Waals surface area contributed by atoms with Crippen LogP contribution < -0.4 is 11.1 Å². The van der Waals surface area contributed by atoms with Crippen molar-refractivity contribution in [1.29, 1.82) is 0 Å². The lowest BCUT2D eigenvalue weighted by Crippen LogP contribution is -2.00.